The number of halogens is 3. The van der Waals surface area contributed by atoms with Gasteiger partial charge in [0.15, 0.2) is 0 Å². The van der Waals surface area contributed by atoms with E-state index in [0.717, 1.165) is 22.6 Å². The number of ether oxygens (including phenoxy) is 3. The zero-order valence-corrected chi connectivity index (χ0v) is 23.1. The number of aliphatic hydroxyl groups excluding tert-OH is 1. The average Bonchev–Trinajstić information content (AvgIpc) is 3.26. The van der Waals surface area contributed by atoms with Gasteiger partial charge in [-0.1, -0.05) is 42.5 Å². The number of ketones is 1. The Kier molecular flexibility index (Phi) is 8.11. The van der Waals surface area contributed by atoms with Gasteiger partial charge in [0.25, 0.3) is 11.7 Å². The molecular formula is C33H26F3NO6. The highest BCUT2D eigenvalue weighted by atomic mass is 19.4. The van der Waals surface area contributed by atoms with Crippen molar-refractivity contribution in [2.24, 2.45) is 0 Å². The van der Waals surface area contributed by atoms with Gasteiger partial charge in [-0.2, -0.15) is 0 Å². The van der Waals surface area contributed by atoms with Gasteiger partial charge < -0.3 is 19.3 Å². The number of hydrogen-bond acceptors (Lipinski definition) is 6. The molecule has 5 rings (SSSR count). The van der Waals surface area contributed by atoms with Crippen LogP contribution in [0.5, 0.6) is 17.2 Å². The van der Waals surface area contributed by atoms with E-state index in [1.54, 1.807) is 49.4 Å². The maximum absolute atomic E-state index is 13.4. The van der Waals surface area contributed by atoms with Crippen LogP contribution in [0.15, 0.2) is 103 Å². The molecule has 1 heterocycles. The highest BCUT2D eigenvalue weighted by molar-refractivity contribution is 6.51. The first-order valence-corrected chi connectivity index (χ1v) is 13.1. The van der Waals surface area contributed by atoms with Crippen molar-refractivity contribution in [3.05, 3.63) is 125 Å². The van der Waals surface area contributed by atoms with E-state index in [1.165, 1.54) is 19.2 Å². The lowest BCUT2D eigenvalue weighted by molar-refractivity contribution is -0.274. The number of carbonyl (C=O) groups is 2. The van der Waals surface area contributed by atoms with Crippen LogP contribution in [-0.2, 0) is 16.2 Å². The monoisotopic (exact) mass is 589 g/mol. The van der Waals surface area contributed by atoms with Crippen LogP contribution in [0.2, 0.25) is 0 Å². The van der Waals surface area contributed by atoms with Crippen LogP contribution in [0.25, 0.3) is 5.76 Å². The molecule has 0 bridgehead atoms. The van der Waals surface area contributed by atoms with Gasteiger partial charge in [-0.15, -0.1) is 13.2 Å². The molecule has 10 heteroatoms. The van der Waals surface area contributed by atoms with Gasteiger partial charge in [0, 0.05) is 11.3 Å². The van der Waals surface area contributed by atoms with Crippen LogP contribution in [0.1, 0.15) is 28.3 Å². The molecule has 1 aliphatic rings. The molecule has 1 aliphatic heterocycles. The summed E-state index contributed by atoms with van der Waals surface area (Å²) in [5.41, 5.74) is 2.38. The molecule has 0 saturated carbocycles. The Hall–Kier alpha value is -5.25. The minimum atomic E-state index is -4.89. The van der Waals surface area contributed by atoms with Gasteiger partial charge in [0.05, 0.1) is 18.7 Å². The number of carbonyl (C=O) groups excluding carboxylic acids is 2. The molecule has 1 atom stereocenters. The van der Waals surface area contributed by atoms with Crippen LogP contribution in [-0.4, -0.2) is 30.3 Å². The molecule has 0 aliphatic carbocycles. The smallest absolute Gasteiger partial charge is 0.507 e. The molecular weight excluding hydrogens is 563 g/mol. The van der Waals surface area contributed by atoms with E-state index in [2.05, 4.69) is 4.74 Å². The molecule has 1 saturated heterocycles. The van der Waals surface area contributed by atoms with Crippen molar-refractivity contribution < 1.29 is 42.1 Å². The Balaban J connectivity index is 1.53. The molecule has 220 valence electrons. The van der Waals surface area contributed by atoms with Crippen molar-refractivity contribution in [3.8, 4) is 17.2 Å². The third-order valence-electron chi connectivity index (χ3n) is 6.91. The topological polar surface area (TPSA) is 85.3 Å². The lowest BCUT2D eigenvalue weighted by atomic mass is 9.94. The third-order valence-corrected chi connectivity index (χ3v) is 6.91. The average molecular weight is 590 g/mol. The van der Waals surface area contributed by atoms with Gasteiger partial charge in [-0.3, -0.25) is 14.5 Å². The minimum Gasteiger partial charge on any atom is -0.507 e. The van der Waals surface area contributed by atoms with E-state index in [4.69, 9.17) is 9.47 Å². The second-order valence-electron chi connectivity index (χ2n) is 9.74. The fraction of sp³-hybridized carbons (Fsp3) is 0.152. The predicted octanol–water partition coefficient (Wildman–Crippen LogP) is 7.11. The molecule has 1 amide bonds. The van der Waals surface area contributed by atoms with Gasteiger partial charge in [-0.25, -0.2) is 0 Å². The maximum atomic E-state index is 13.4. The quantitative estimate of drug-likeness (QED) is 0.134. The van der Waals surface area contributed by atoms with Crippen molar-refractivity contribution in [1.82, 2.24) is 0 Å². The molecule has 0 radical (unpaired) electrons. The largest absolute Gasteiger partial charge is 0.573 e. The lowest BCUT2D eigenvalue weighted by Crippen LogP contribution is -2.29. The number of aliphatic hydroxyl groups is 1. The van der Waals surface area contributed by atoms with Crippen molar-refractivity contribution in [1.29, 1.82) is 0 Å². The third kappa shape index (κ3) is 6.33. The van der Waals surface area contributed by atoms with Crippen LogP contribution in [0.3, 0.4) is 0 Å². The number of aryl methyl sites for hydroxylation is 1. The summed E-state index contributed by atoms with van der Waals surface area (Å²) in [7, 11) is 1.49. The standard InChI is InChI=1S/C33H26F3NO6/c1-20-18-23(10-17-27(20)42-19-21-6-4-3-5-7-21)30(38)28-29(22-8-13-25(41-2)14-9-22)37(32(40)31(28)39)24-11-15-26(16-12-24)43-33(34,35)36/h3-18,29,38H,19H2,1-2H3/b30-28-. The summed E-state index contributed by atoms with van der Waals surface area (Å²) in [5, 5.41) is 11.5. The van der Waals surface area contributed by atoms with E-state index in [1.807, 2.05) is 30.3 Å². The molecule has 0 aromatic heterocycles. The van der Waals surface area contributed by atoms with Crippen molar-refractivity contribution in [3.63, 3.8) is 0 Å². The van der Waals surface area contributed by atoms with Crippen LogP contribution in [0.4, 0.5) is 18.9 Å². The Labute approximate surface area is 245 Å². The number of Topliss-reactive ketones (excluding diaryl/α,β-unsaturated/α-hetero) is 1. The lowest BCUT2D eigenvalue weighted by Gasteiger charge is -2.26. The zero-order valence-electron chi connectivity index (χ0n) is 23.1. The van der Waals surface area contributed by atoms with E-state index < -0.39 is 35.6 Å². The number of methoxy groups -OCH3 is 1. The summed E-state index contributed by atoms with van der Waals surface area (Å²) in [6.07, 6.45) is -4.89. The molecule has 4 aromatic carbocycles. The summed E-state index contributed by atoms with van der Waals surface area (Å²) in [6, 6.07) is 24.6. The molecule has 0 spiro atoms. The summed E-state index contributed by atoms with van der Waals surface area (Å²) in [5.74, 6) is -1.69. The minimum absolute atomic E-state index is 0.136. The molecule has 43 heavy (non-hydrogen) atoms. The number of nitrogens with zero attached hydrogens (tertiary/aromatic N) is 1. The van der Waals surface area contributed by atoms with Crippen LogP contribution in [0, 0.1) is 6.92 Å². The fourth-order valence-corrected chi connectivity index (χ4v) is 4.86. The molecule has 7 nitrogen and oxygen atoms in total. The molecule has 1 unspecified atom stereocenters. The highest BCUT2D eigenvalue weighted by Gasteiger charge is 2.47. The second-order valence-corrected chi connectivity index (χ2v) is 9.74. The number of hydrogen-bond donors (Lipinski definition) is 1. The summed E-state index contributed by atoms with van der Waals surface area (Å²) < 4.78 is 53.2. The number of amides is 1. The SMILES string of the molecule is COc1ccc(C2/C(=C(/O)c3ccc(OCc4ccccc4)c(C)c3)C(=O)C(=O)N2c2ccc(OC(F)(F)F)cc2)cc1. The second kappa shape index (κ2) is 11.9. The van der Waals surface area contributed by atoms with E-state index in [0.29, 0.717) is 29.2 Å². The number of anilines is 1. The van der Waals surface area contributed by atoms with E-state index in [-0.39, 0.29) is 16.8 Å². The van der Waals surface area contributed by atoms with Crippen molar-refractivity contribution in [2.45, 2.75) is 25.9 Å². The number of alkyl halides is 3. The van der Waals surface area contributed by atoms with E-state index in [9.17, 15) is 27.9 Å². The Morgan fingerprint density at radius 1 is 0.884 bits per heavy atom. The first-order chi connectivity index (χ1) is 20.6. The van der Waals surface area contributed by atoms with Crippen LogP contribution >= 0.6 is 0 Å². The van der Waals surface area contributed by atoms with Gasteiger partial charge >= 0.3 is 6.36 Å². The maximum Gasteiger partial charge on any atom is 0.573 e. The number of rotatable bonds is 8. The summed E-state index contributed by atoms with van der Waals surface area (Å²) >= 11 is 0. The van der Waals surface area contributed by atoms with Gasteiger partial charge in [-0.05, 0) is 78.2 Å². The van der Waals surface area contributed by atoms with Gasteiger partial charge in [0.1, 0.15) is 29.6 Å². The zero-order chi connectivity index (χ0) is 30.7. The summed E-state index contributed by atoms with van der Waals surface area (Å²) in [4.78, 5) is 28.0. The van der Waals surface area contributed by atoms with Crippen molar-refractivity contribution >= 4 is 23.1 Å². The predicted molar refractivity (Wildman–Crippen MR) is 153 cm³/mol. The first-order valence-electron chi connectivity index (χ1n) is 13.1. The van der Waals surface area contributed by atoms with E-state index >= 15 is 0 Å². The van der Waals surface area contributed by atoms with Crippen LogP contribution < -0.4 is 19.1 Å². The Morgan fingerprint density at radius 3 is 2.14 bits per heavy atom. The first kappa shape index (κ1) is 29.2. The number of benzene rings is 4. The highest BCUT2D eigenvalue weighted by Crippen LogP contribution is 2.43. The fourth-order valence-electron chi connectivity index (χ4n) is 4.86. The molecule has 4 aromatic rings. The Bertz CT molecular complexity index is 1670. The van der Waals surface area contributed by atoms with Crippen molar-refractivity contribution in [2.75, 3.05) is 12.0 Å². The molecule has 1 N–H and O–H groups in total. The normalized spacial score (nSPS) is 16.3. The summed E-state index contributed by atoms with van der Waals surface area (Å²) in [6.45, 7) is 2.13. The van der Waals surface area contributed by atoms with Gasteiger partial charge in [0.2, 0.25) is 0 Å². The molecule has 1 fully saturated rings. The Morgan fingerprint density at radius 2 is 1.53 bits per heavy atom.